The fraction of sp³-hybridized carbons (Fsp3) is 0.222. The Morgan fingerprint density at radius 3 is 2.40 bits per heavy atom. The van der Waals surface area contributed by atoms with Crippen molar-refractivity contribution < 1.29 is 19.1 Å². The van der Waals surface area contributed by atoms with Gasteiger partial charge in [0.15, 0.2) is 18.1 Å². The number of carbonyl (C=O) groups excluding carboxylic acids is 2. The first-order valence-corrected chi connectivity index (χ1v) is 7.69. The summed E-state index contributed by atoms with van der Waals surface area (Å²) in [5.74, 6) is 0.484. The number of nitrogens with two attached hydrogens (primary N) is 1. The van der Waals surface area contributed by atoms with Gasteiger partial charge in [-0.1, -0.05) is 12.1 Å². The standard InChI is InChI=1S/C18H21N3O4/c1-12-9-13(20-17(22)10-19)7-8-14(12)21-18(23)11-25-16-6-4-3-5-15(16)24-2/h3-9H,10-11,19H2,1-2H3,(H,20,22)(H,21,23). The van der Waals surface area contributed by atoms with Crippen molar-refractivity contribution in [3.8, 4) is 11.5 Å². The SMILES string of the molecule is COc1ccccc1OCC(=O)Nc1ccc(NC(=O)CN)cc1C. The first kappa shape index (κ1) is 18.3. The number of ether oxygens (including phenoxy) is 2. The van der Waals surface area contributed by atoms with E-state index in [0.717, 1.165) is 5.56 Å². The Morgan fingerprint density at radius 1 is 1.04 bits per heavy atom. The van der Waals surface area contributed by atoms with Crippen molar-refractivity contribution in [1.82, 2.24) is 0 Å². The molecule has 0 radical (unpaired) electrons. The minimum absolute atomic E-state index is 0.0855. The number of aryl methyl sites for hydroxylation is 1. The van der Waals surface area contributed by atoms with Crippen LogP contribution in [0.4, 0.5) is 11.4 Å². The topological polar surface area (TPSA) is 103 Å². The second-order valence-corrected chi connectivity index (χ2v) is 5.27. The predicted molar refractivity (Wildman–Crippen MR) is 96.0 cm³/mol. The molecular weight excluding hydrogens is 322 g/mol. The van der Waals surface area contributed by atoms with Crippen molar-refractivity contribution in [2.24, 2.45) is 5.73 Å². The van der Waals surface area contributed by atoms with Crippen molar-refractivity contribution in [2.75, 3.05) is 30.9 Å². The largest absolute Gasteiger partial charge is 0.493 e. The lowest BCUT2D eigenvalue weighted by Gasteiger charge is -2.12. The average molecular weight is 343 g/mol. The van der Waals surface area contributed by atoms with Crippen LogP contribution in [0.15, 0.2) is 42.5 Å². The first-order chi connectivity index (χ1) is 12.0. The van der Waals surface area contributed by atoms with Crippen molar-refractivity contribution in [3.63, 3.8) is 0 Å². The molecule has 7 nitrogen and oxygen atoms in total. The molecule has 0 aliphatic heterocycles. The van der Waals surface area contributed by atoms with E-state index in [4.69, 9.17) is 15.2 Å². The fourth-order valence-corrected chi connectivity index (χ4v) is 2.16. The molecule has 0 bridgehead atoms. The molecule has 0 unspecified atom stereocenters. The highest BCUT2D eigenvalue weighted by atomic mass is 16.5. The van der Waals surface area contributed by atoms with Gasteiger partial charge in [0, 0.05) is 11.4 Å². The van der Waals surface area contributed by atoms with Gasteiger partial charge in [0.2, 0.25) is 5.91 Å². The Morgan fingerprint density at radius 2 is 1.76 bits per heavy atom. The highest BCUT2D eigenvalue weighted by Crippen LogP contribution is 2.25. The molecular formula is C18H21N3O4. The highest BCUT2D eigenvalue weighted by Gasteiger charge is 2.09. The van der Waals surface area contributed by atoms with Gasteiger partial charge >= 0.3 is 0 Å². The van der Waals surface area contributed by atoms with Crippen LogP contribution < -0.4 is 25.8 Å². The number of benzene rings is 2. The van der Waals surface area contributed by atoms with Gasteiger partial charge in [-0.25, -0.2) is 0 Å². The fourth-order valence-electron chi connectivity index (χ4n) is 2.16. The molecule has 0 aliphatic carbocycles. The van der Waals surface area contributed by atoms with Crippen molar-refractivity contribution in [1.29, 1.82) is 0 Å². The maximum Gasteiger partial charge on any atom is 0.262 e. The van der Waals surface area contributed by atoms with Gasteiger partial charge in [-0.05, 0) is 42.8 Å². The normalized spacial score (nSPS) is 10.0. The van der Waals surface area contributed by atoms with E-state index in [1.165, 1.54) is 7.11 Å². The zero-order valence-electron chi connectivity index (χ0n) is 14.2. The summed E-state index contributed by atoms with van der Waals surface area (Å²) in [7, 11) is 1.54. The zero-order valence-corrected chi connectivity index (χ0v) is 14.2. The predicted octanol–water partition coefficient (Wildman–Crippen LogP) is 1.92. The Bertz CT molecular complexity index is 762. The van der Waals surface area contributed by atoms with Crippen LogP contribution in [0.5, 0.6) is 11.5 Å². The van der Waals surface area contributed by atoms with Crippen molar-refractivity contribution in [3.05, 3.63) is 48.0 Å². The monoisotopic (exact) mass is 343 g/mol. The van der Waals surface area contributed by atoms with E-state index in [-0.39, 0.29) is 25.0 Å². The quantitative estimate of drug-likeness (QED) is 0.713. The summed E-state index contributed by atoms with van der Waals surface area (Å²) in [6, 6.07) is 12.3. The number of nitrogens with one attached hydrogen (secondary N) is 2. The number of anilines is 2. The van der Waals surface area contributed by atoms with Crippen molar-refractivity contribution >= 4 is 23.2 Å². The summed E-state index contributed by atoms with van der Waals surface area (Å²) >= 11 is 0. The Hall–Kier alpha value is -3.06. The summed E-state index contributed by atoms with van der Waals surface area (Å²) < 4.78 is 10.7. The molecule has 4 N–H and O–H groups in total. The molecule has 0 heterocycles. The van der Waals surface area contributed by atoms with Crippen LogP contribution in [0, 0.1) is 6.92 Å². The van der Waals surface area contributed by atoms with Gasteiger partial charge in [-0.2, -0.15) is 0 Å². The number of para-hydroxylation sites is 2. The van der Waals surface area contributed by atoms with E-state index >= 15 is 0 Å². The summed E-state index contributed by atoms with van der Waals surface area (Å²) in [5.41, 5.74) is 7.33. The summed E-state index contributed by atoms with van der Waals surface area (Å²) in [6.45, 7) is 1.60. The molecule has 25 heavy (non-hydrogen) atoms. The van der Waals surface area contributed by atoms with Gasteiger partial charge < -0.3 is 25.8 Å². The molecule has 2 aromatic carbocycles. The minimum Gasteiger partial charge on any atom is -0.493 e. The van der Waals surface area contributed by atoms with Gasteiger partial charge in [-0.15, -0.1) is 0 Å². The number of amides is 2. The highest BCUT2D eigenvalue weighted by molar-refractivity contribution is 5.94. The maximum atomic E-state index is 12.1. The Kier molecular flexibility index (Phi) is 6.36. The molecule has 0 spiro atoms. The lowest BCUT2D eigenvalue weighted by Crippen LogP contribution is -2.22. The number of hydrogen-bond acceptors (Lipinski definition) is 5. The summed E-state index contributed by atoms with van der Waals surface area (Å²) in [4.78, 5) is 23.4. The van der Waals surface area contributed by atoms with Crippen LogP contribution in [-0.2, 0) is 9.59 Å². The molecule has 0 saturated carbocycles. The molecule has 0 saturated heterocycles. The molecule has 2 aromatic rings. The van der Waals surface area contributed by atoms with E-state index in [9.17, 15) is 9.59 Å². The van der Waals surface area contributed by atoms with E-state index in [0.29, 0.717) is 22.9 Å². The van der Waals surface area contributed by atoms with E-state index in [1.807, 2.05) is 13.0 Å². The third-order valence-corrected chi connectivity index (χ3v) is 3.40. The maximum absolute atomic E-state index is 12.1. The molecule has 132 valence electrons. The molecule has 7 heteroatoms. The van der Waals surface area contributed by atoms with Gasteiger partial charge in [0.1, 0.15) is 0 Å². The van der Waals surface area contributed by atoms with E-state index in [1.54, 1.807) is 36.4 Å². The van der Waals surface area contributed by atoms with Crippen LogP contribution in [0.25, 0.3) is 0 Å². The zero-order chi connectivity index (χ0) is 18.2. The third-order valence-electron chi connectivity index (χ3n) is 3.40. The van der Waals surface area contributed by atoms with Gasteiger partial charge in [0.25, 0.3) is 5.91 Å². The lowest BCUT2D eigenvalue weighted by atomic mass is 10.1. The number of hydrogen-bond donors (Lipinski definition) is 3. The lowest BCUT2D eigenvalue weighted by molar-refractivity contribution is -0.118. The smallest absolute Gasteiger partial charge is 0.262 e. The van der Waals surface area contributed by atoms with Crippen LogP contribution in [0.1, 0.15) is 5.56 Å². The van der Waals surface area contributed by atoms with E-state index < -0.39 is 0 Å². The first-order valence-electron chi connectivity index (χ1n) is 7.69. The van der Waals surface area contributed by atoms with Crippen LogP contribution >= 0.6 is 0 Å². The summed E-state index contributed by atoms with van der Waals surface area (Å²) in [6.07, 6.45) is 0. The number of rotatable bonds is 7. The average Bonchev–Trinajstić information content (AvgIpc) is 2.62. The molecule has 2 amide bonds. The molecule has 0 atom stereocenters. The van der Waals surface area contributed by atoms with E-state index in [2.05, 4.69) is 10.6 Å². The Balaban J connectivity index is 1.95. The second kappa shape index (κ2) is 8.70. The van der Waals surface area contributed by atoms with Crippen molar-refractivity contribution in [2.45, 2.75) is 6.92 Å². The third kappa shape index (κ3) is 5.22. The molecule has 0 fully saturated rings. The van der Waals surface area contributed by atoms with Gasteiger partial charge in [-0.3, -0.25) is 9.59 Å². The van der Waals surface area contributed by atoms with Gasteiger partial charge in [0.05, 0.1) is 13.7 Å². The van der Waals surface area contributed by atoms with Crippen LogP contribution in [0.3, 0.4) is 0 Å². The second-order valence-electron chi connectivity index (χ2n) is 5.27. The minimum atomic E-state index is -0.298. The number of methoxy groups -OCH3 is 1. The van der Waals surface area contributed by atoms with Crippen LogP contribution in [0.2, 0.25) is 0 Å². The van der Waals surface area contributed by atoms with Crippen LogP contribution in [-0.4, -0.2) is 32.1 Å². The summed E-state index contributed by atoms with van der Waals surface area (Å²) in [5, 5.41) is 5.43. The molecule has 0 aliphatic rings. The number of carbonyl (C=O) groups is 2. The molecule has 0 aromatic heterocycles. The molecule has 2 rings (SSSR count). The Labute approximate surface area is 146 Å².